The number of nitrogen functional groups attached to an aromatic ring is 1. The Morgan fingerprint density at radius 2 is 1.86 bits per heavy atom. The van der Waals surface area contributed by atoms with Crippen LogP contribution in [-0.2, 0) is 4.74 Å². The van der Waals surface area contributed by atoms with Gasteiger partial charge in [-0.05, 0) is 56.0 Å². The fraction of sp³-hybridized carbons (Fsp3) is 0.481. The van der Waals surface area contributed by atoms with E-state index in [0.717, 1.165) is 45.6 Å². The molecule has 0 bridgehead atoms. The van der Waals surface area contributed by atoms with Gasteiger partial charge in [0.25, 0.3) is 11.8 Å². The number of nitrogens with zero attached hydrogens (tertiary/aromatic N) is 2. The van der Waals surface area contributed by atoms with Crippen molar-refractivity contribution in [2.24, 2.45) is 5.92 Å². The highest BCUT2D eigenvalue weighted by atomic mass is 35.5. The van der Waals surface area contributed by atoms with E-state index in [1.165, 1.54) is 6.07 Å². The quantitative estimate of drug-likeness (QED) is 0.484. The van der Waals surface area contributed by atoms with E-state index in [2.05, 4.69) is 10.2 Å². The third-order valence-corrected chi connectivity index (χ3v) is 7.45. The van der Waals surface area contributed by atoms with E-state index in [9.17, 15) is 9.59 Å². The van der Waals surface area contributed by atoms with Crippen LogP contribution in [0.25, 0.3) is 0 Å². The van der Waals surface area contributed by atoms with Crippen LogP contribution in [0.2, 0.25) is 10.0 Å². The minimum Gasteiger partial charge on any atom is -0.493 e. The number of amides is 2. The zero-order valence-corrected chi connectivity index (χ0v) is 22.6. The van der Waals surface area contributed by atoms with Crippen molar-refractivity contribution in [3.63, 3.8) is 0 Å². The molecule has 2 fully saturated rings. The summed E-state index contributed by atoms with van der Waals surface area (Å²) in [5, 5.41) is 3.90. The van der Waals surface area contributed by atoms with Crippen LogP contribution in [0.4, 0.5) is 5.69 Å². The van der Waals surface area contributed by atoms with Crippen LogP contribution in [0.5, 0.6) is 5.75 Å². The van der Waals surface area contributed by atoms with Crippen LogP contribution in [0.3, 0.4) is 0 Å². The monoisotopic (exact) mass is 548 g/mol. The molecule has 2 aromatic rings. The maximum absolute atomic E-state index is 12.9. The number of hydrogen-bond donors (Lipinski definition) is 2. The number of benzene rings is 2. The Hall–Kier alpha value is -2.52. The molecule has 2 aliphatic heterocycles. The number of halogens is 2. The van der Waals surface area contributed by atoms with Gasteiger partial charge in [0.2, 0.25) is 0 Å². The minimum atomic E-state index is -0.274. The van der Waals surface area contributed by atoms with Crippen LogP contribution in [0, 0.1) is 5.92 Å². The van der Waals surface area contributed by atoms with E-state index >= 15 is 0 Å². The van der Waals surface area contributed by atoms with E-state index in [-0.39, 0.29) is 17.9 Å². The van der Waals surface area contributed by atoms with Crippen molar-refractivity contribution in [3.8, 4) is 5.75 Å². The van der Waals surface area contributed by atoms with Crippen molar-refractivity contribution < 1.29 is 19.1 Å². The summed E-state index contributed by atoms with van der Waals surface area (Å²) in [4.78, 5) is 29.9. The second-order valence-corrected chi connectivity index (χ2v) is 10.4. The lowest BCUT2D eigenvalue weighted by molar-refractivity contribution is -0.0332. The zero-order valence-electron chi connectivity index (χ0n) is 21.1. The lowest BCUT2D eigenvalue weighted by Gasteiger charge is -2.38. The van der Waals surface area contributed by atoms with Gasteiger partial charge in [-0.15, -0.1) is 0 Å². The van der Waals surface area contributed by atoms with Gasteiger partial charge in [0.1, 0.15) is 5.75 Å². The number of piperidine rings is 1. The highest BCUT2D eigenvalue weighted by Crippen LogP contribution is 2.29. The highest BCUT2D eigenvalue weighted by molar-refractivity contribution is 6.33. The lowest BCUT2D eigenvalue weighted by Crippen LogP contribution is -2.50. The summed E-state index contributed by atoms with van der Waals surface area (Å²) >= 11 is 12.1. The van der Waals surface area contributed by atoms with Crippen LogP contribution in [0.15, 0.2) is 36.4 Å². The second kappa shape index (κ2) is 12.8. The van der Waals surface area contributed by atoms with Gasteiger partial charge in [-0.2, -0.15) is 0 Å². The number of hydrogen-bond acceptors (Lipinski definition) is 6. The Balaban J connectivity index is 1.24. The molecule has 2 saturated heterocycles. The molecule has 3 N–H and O–H groups in total. The molecule has 10 heteroatoms. The fourth-order valence-corrected chi connectivity index (χ4v) is 5.14. The second-order valence-electron chi connectivity index (χ2n) is 9.51. The standard InChI is InChI=1S/C27H34Cl2N4O4/c1-2-36-25-14-24(30)23(29)13-22(25)26(34)31-15-21-17-32(11-12-37-21)16-18-7-9-33(10-8-18)27(35)19-3-5-20(28)6-4-19/h3-6,13-14,18,21H,2,7-12,15-17,30H2,1H3,(H,31,34). The fourth-order valence-electron chi connectivity index (χ4n) is 4.85. The van der Waals surface area contributed by atoms with Gasteiger partial charge in [-0.25, -0.2) is 0 Å². The van der Waals surface area contributed by atoms with Gasteiger partial charge in [-0.1, -0.05) is 23.2 Å². The number of rotatable bonds is 8. The van der Waals surface area contributed by atoms with Gasteiger partial charge in [0.05, 0.1) is 35.6 Å². The summed E-state index contributed by atoms with van der Waals surface area (Å²) < 4.78 is 11.5. The number of likely N-dealkylation sites (tertiary alicyclic amines) is 1. The number of ether oxygens (including phenoxy) is 2. The molecule has 0 radical (unpaired) electrons. The Labute approximate surface area is 228 Å². The predicted octanol–water partition coefficient (Wildman–Crippen LogP) is 3.96. The number of carbonyl (C=O) groups is 2. The van der Waals surface area contributed by atoms with Crippen LogP contribution < -0.4 is 15.8 Å². The van der Waals surface area contributed by atoms with Crippen molar-refractivity contribution in [2.75, 3.05) is 58.2 Å². The molecule has 0 saturated carbocycles. The molecule has 0 spiro atoms. The van der Waals surface area contributed by atoms with Gasteiger partial charge in [0.15, 0.2) is 0 Å². The first-order valence-electron chi connectivity index (χ1n) is 12.7. The van der Waals surface area contributed by atoms with E-state index in [1.54, 1.807) is 30.3 Å². The minimum absolute atomic E-state index is 0.0622. The molecule has 1 atom stereocenters. The predicted molar refractivity (Wildman–Crippen MR) is 146 cm³/mol. The molecule has 200 valence electrons. The first kappa shape index (κ1) is 27.5. The molecule has 37 heavy (non-hydrogen) atoms. The molecule has 1 unspecified atom stereocenters. The van der Waals surface area contributed by atoms with Crippen LogP contribution in [0.1, 0.15) is 40.5 Å². The number of morpholine rings is 1. The molecule has 4 rings (SSSR count). The summed E-state index contributed by atoms with van der Waals surface area (Å²) in [7, 11) is 0. The molecule has 2 heterocycles. The van der Waals surface area contributed by atoms with Crippen LogP contribution in [-0.4, -0.2) is 80.2 Å². The zero-order chi connectivity index (χ0) is 26.4. The number of anilines is 1. The Kier molecular flexibility index (Phi) is 9.54. The van der Waals surface area contributed by atoms with Crippen molar-refractivity contribution in [2.45, 2.75) is 25.9 Å². The maximum Gasteiger partial charge on any atom is 0.255 e. The Morgan fingerprint density at radius 3 is 2.57 bits per heavy atom. The average molecular weight is 549 g/mol. The van der Waals surface area contributed by atoms with Crippen molar-refractivity contribution in [1.82, 2.24) is 15.1 Å². The maximum atomic E-state index is 12.9. The number of nitrogens with one attached hydrogen (secondary N) is 1. The number of carbonyl (C=O) groups excluding carboxylic acids is 2. The highest BCUT2D eigenvalue weighted by Gasteiger charge is 2.28. The molecular formula is C27H34Cl2N4O4. The van der Waals surface area contributed by atoms with Crippen molar-refractivity contribution in [1.29, 1.82) is 0 Å². The van der Waals surface area contributed by atoms with Crippen molar-refractivity contribution >= 4 is 40.7 Å². The topological polar surface area (TPSA) is 97.1 Å². The Morgan fingerprint density at radius 1 is 1.14 bits per heavy atom. The summed E-state index contributed by atoms with van der Waals surface area (Å²) in [5.41, 5.74) is 7.26. The smallest absolute Gasteiger partial charge is 0.255 e. The van der Waals surface area contributed by atoms with Gasteiger partial charge < -0.3 is 25.4 Å². The molecule has 2 aromatic carbocycles. The Bertz CT molecular complexity index is 1090. The summed E-state index contributed by atoms with van der Waals surface area (Å²) in [5.74, 6) is 0.721. The first-order chi connectivity index (χ1) is 17.8. The van der Waals surface area contributed by atoms with E-state index < -0.39 is 0 Å². The molecule has 8 nitrogen and oxygen atoms in total. The number of nitrogens with two attached hydrogens (primary N) is 1. The molecule has 0 aromatic heterocycles. The summed E-state index contributed by atoms with van der Waals surface area (Å²) in [6.45, 7) is 7.32. The molecule has 2 aliphatic rings. The van der Waals surface area contributed by atoms with Gasteiger partial charge in [0, 0.05) is 55.9 Å². The summed E-state index contributed by atoms with van der Waals surface area (Å²) in [6.07, 6.45) is 1.83. The van der Waals surface area contributed by atoms with E-state index in [1.807, 2.05) is 11.8 Å². The third kappa shape index (κ3) is 7.29. The largest absolute Gasteiger partial charge is 0.493 e. The van der Waals surface area contributed by atoms with E-state index in [4.69, 9.17) is 38.4 Å². The molecular weight excluding hydrogens is 515 g/mol. The summed E-state index contributed by atoms with van der Waals surface area (Å²) in [6, 6.07) is 10.2. The SMILES string of the molecule is CCOc1cc(N)c(Cl)cc1C(=O)NCC1CN(CC2CCN(C(=O)c3ccc(Cl)cc3)CC2)CCO1. The third-order valence-electron chi connectivity index (χ3n) is 6.87. The van der Waals surface area contributed by atoms with Gasteiger partial charge in [-0.3, -0.25) is 14.5 Å². The molecule has 2 amide bonds. The van der Waals surface area contributed by atoms with Crippen molar-refractivity contribution in [3.05, 3.63) is 57.6 Å². The molecule has 0 aliphatic carbocycles. The first-order valence-corrected chi connectivity index (χ1v) is 13.5. The van der Waals surface area contributed by atoms with Gasteiger partial charge >= 0.3 is 0 Å². The van der Waals surface area contributed by atoms with Crippen LogP contribution >= 0.6 is 23.2 Å². The lowest BCUT2D eigenvalue weighted by atomic mass is 9.95. The average Bonchev–Trinajstić information content (AvgIpc) is 2.90. The normalized spacial score (nSPS) is 19.0. The van der Waals surface area contributed by atoms with E-state index in [0.29, 0.717) is 58.3 Å².